The van der Waals surface area contributed by atoms with Gasteiger partial charge in [0.05, 0.1) is 17.3 Å². The zero-order valence-corrected chi connectivity index (χ0v) is 18.0. The fourth-order valence-electron chi connectivity index (χ4n) is 3.99. The van der Waals surface area contributed by atoms with Crippen LogP contribution in [0.1, 0.15) is 33.9 Å². The average molecular weight is 419 g/mol. The van der Waals surface area contributed by atoms with Crippen molar-refractivity contribution in [2.45, 2.75) is 33.7 Å². The van der Waals surface area contributed by atoms with Gasteiger partial charge in [-0.3, -0.25) is 9.69 Å². The fourth-order valence-corrected chi connectivity index (χ4v) is 3.99. The third-order valence-electron chi connectivity index (χ3n) is 5.71. The first-order chi connectivity index (χ1) is 14.7. The van der Waals surface area contributed by atoms with Gasteiger partial charge in [-0.1, -0.05) is 35.9 Å². The van der Waals surface area contributed by atoms with E-state index in [1.54, 1.807) is 0 Å². The number of carbonyl (C=O) groups is 3. The number of aryl methyl sites for hydroxylation is 4. The summed E-state index contributed by atoms with van der Waals surface area (Å²) in [5.74, 6) is -0.818. The molecule has 160 valence electrons. The van der Waals surface area contributed by atoms with E-state index < -0.39 is 18.0 Å². The summed E-state index contributed by atoms with van der Waals surface area (Å²) in [5.41, 5.74) is 6.30. The maximum absolute atomic E-state index is 13.0. The lowest BCUT2D eigenvalue weighted by molar-refractivity contribution is -0.136. The number of urea groups is 1. The van der Waals surface area contributed by atoms with Crippen molar-refractivity contribution in [3.05, 3.63) is 75.5 Å². The molecule has 0 aliphatic carbocycles. The Kier molecular flexibility index (Phi) is 5.27. The van der Waals surface area contributed by atoms with Crippen molar-refractivity contribution in [2.75, 3.05) is 18.5 Å². The first-order valence-corrected chi connectivity index (χ1v) is 10.2. The molecule has 3 amide bonds. The first kappa shape index (κ1) is 20.7. The van der Waals surface area contributed by atoms with E-state index in [9.17, 15) is 14.4 Å². The van der Waals surface area contributed by atoms with E-state index in [0.29, 0.717) is 17.0 Å². The van der Waals surface area contributed by atoms with E-state index in [1.165, 1.54) is 4.90 Å². The lowest BCUT2D eigenvalue weighted by atomic mass is 9.91. The van der Waals surface area contributed by atoms with Gasteiger partial charge in [-0.15, -0.1) is 0 Å². The number of amides is 3. The highest BCUT2D eigenvalue weighted by molar-refractivity contribution is 6.00. The first-order valence-electron chi connectivity index (χ1n) is 10.2. The van der Waals surface area contributed by atoms with Crippen LogP contribution in [0.4, 0.5) is 10.5 Å². The van der Waals surface area contributed by atoms with Gasteiger partial charge < -0.3 is 15.4 Å². The van der Waals surface area contributed by atoms with Crippen LogP contribution in [0.2, 0.25) is 0 Å². The van der Waals surface area contributed by atoms with Crippen molar-refractivity contribution in [2.24, 2.45) is 0 Å². The fraction of sp³-hybridized carbons (Fsp3) is 0.292. The van der Waals surface area contributed by atoms with Crippen molar-refractivity contribution in [1.82, 2.24) is 10.2 Å². The van der Waals surface area contributed by atoms with E-state index in [1.807, 2.05) is 64.1 Å². The molecular weight excluding hydrogens is 394 g/mol. The molecule has 0 saturated heterocycles. The van der Waals surface area contributed by atoms with Crippen LogP contribution >= 0.6 is 0 Å². The van der Waals surface area contributed by atoms with Crippen molar-refractivity contribution >= 4 is 23.6 Å². The van der Waals surface area contributed by atoms with E-state index in [2.05, 4.69) is 10.6 Å². The molecule has 7 nitrogen and oxygen atoms in total. The number of hydrogen-bond acceptors (Lipinski definition) is 4. The number of anilines is 1. The van der Waals surface area contributed by atoms with Crippen LogP contribution in [0.15, 0.2) is 47.7 Å². The van der Waals surface area contributed by atoms with Crippen LogP contribution in [0, 0.1) is 27.7 Å². The summed E-state index contributed by atoms with van der Waals surface area (Å²) in [5, 5.41) is 5.75. The summed E-state index contributed by atoms with van der Waals surface area (Å²) in [4.78, 5) is 39.5. The van der Waals surface area contributed by atoms with Gasteiger partial charge >= 0.3 is 12.0 Å². The smallest absolute Gasteiger partial charge is 0.338 e. The number of carbonyl (C=O) groups excluding carboxylic acids is 3. The van der Waals surface area contributed by atoms with Gasteiger partial charge in [-0.05, 0) is 56.0 Å². The maximum Gasteiger partial charge on any atom is 0.338 e. The number of esters is 1. The van der Waals surface area contributed by atoms with Gasteiger partial charge in [-0.25, -0.2) is 9.59 Å². The van der Waals surface area contributed by atoms with Crippen molar-refractivity contribution in [3.8, 4) is 0 Å². The van der Waals surface area contributed by atoms with Gasteiger partial charge in [0.15, 0.2) is 0 Å². The molecular formula is C24H25N3O4. The number of nitrogens with zero attached hydrogens (tertiary/aromatic N) is 1. The minimum Gasteiger partial charge on any atom is -0.456 e. The van der Waals surface area contributed by atoms with Gasteiger partial charge in [0.2, 0.25) is 5.91 Å². The molecule has 2 N–H and O–H groups in total. The summed E-state index contributed by atoms with van der Waals surface area (Å²) >= 11 is 0. The zero-order valence-electron chi connectivity index (χ0n) is 18.0. The molecule has 0 bridgehead atoms. The number of nitrogens with one attached hydrogen (secondary N) is 2. The van der Waals surface area contributed by atoms with Crippen molar-refractivity contribution < 1.29 is 19.1 Å². The average Bonchev–Trinajstić information content (AvgIpc) is 3.10. The summed E-state index contributed by atoms with van der Waals surface area (Å²) in [6.07, 6.45) is 0. The largest absolute Gasteiger partial charge is 0.456 e. The highest BCUT2D eigenvalue weighted by Gasteiger charge is 2.43. The van der Waals surface area contributed by atoms with Crippen LogP contribution in [0.3, 0.4) is 0 Å². The number of rotatable bonds is 4. The molecule has 0 aromatic heterocycles. The summed E-state index contributed by atoms with van der Waals surface area (Å²) in [6.45, 7) is 7.50. The molecule has 4 rings (SSSR count). The molecule has 31 heavy (non-hydrogen) atoms. The molecule has 2 aliphatic heterocycles. The predicted molar refractivity (Wildman–Crippen MR) is 116 cm³/mol. The molecule has 0 unspecified atom stereocenters. The minimum absolute atomic E-state index is 0.0281. The van der Waals surface area contributed by atoms with Crippen LogP contribution in [0.25, 0.3) is 0 Å². The van der Waals surface area contributed by atoms with E-state index in [-0.39, 0.29) is 19.1 Å². The Morgan fingerprint density at radius 2 is 1.74 bits per heavy atom. The Labute approximate surface area is 181 Å². The van der Waals surface area contributed by atoms with Gasteiger partial charge in [0.25, 0.3) is 0 Å². The molecule has 7 heteroatoms. The Morgan fingerprint density at radius 3 is 2.48 bits per heavy atom. The lowest BCUT2D eigenvalue weighted by Crippen LogP contribution is -2.49. The standard InChI is InChI=1S/C24H25N3O4/c1-13-5-7-15(3)17(9-13)22-21-19(12-31-23(21)29)27(24(30)26-22)11-20(28)25-18-10-14(2)6-8-16(18)4/h5-10,22H,11-12H2,1-4H3,(H,25,28)(H,26,30)/t22-/m1/s1. The quantitative estimate of drug-likeness (QED) is 0.744. The zero-order chi connectivity index (χ0) is 22.3. The second-order valence-electron chi connectivity index (χ2n) is 8.13. The number of hydrogen-bond donors (Lipinski definition) is 2. The monoisotopic (exact) mass is 419 g/mol. The van der Waals surface area contributed by atoms with Crippen LogP contribution in [-0.4, -0.2) is 36.0 Å². The highest BCUT2D eigenvalue weighted by atomic mass is 16.5. The molecule has 2 aromatic rings. The van der Waals surface area contributed by atoms with Gasteiger partial charge in [0, 0.05) is 5.69 Å². The minimum atomic E-state index is -0.601. The molecule has 0 spiro atoms. The Hall–Kier alpha value is -3.61. The number of cyclic esters (lactones) is 1. The molecule has 2 heterocycles. The second-order valence-corrected chi connectivity index (χ2v) is 8.13. The summed E-state index contributed by atoms with van der Waals surface area (Å²) < 4.78 is 5.26. The molecule has 0 radical (unpaired) electrons. The topological polar surface area (TPSA) is 87.7 Å². The summed E-state index contributed by atoms with van der Waals surface area (Å²) in [6, 6.07) is 10.6. The van der Waals surface area contributed by atoms with Gasteiger partial charge in [0.1, 0.15) is 13.2 Å². The number of ether oxygens (including phenoxy) is 1. The van der Waals surface area contributed by atoms with Crippen LogP contribution in [-0.2, 0) is 14.3 Å². The normalized spacial score (nSPS) is 17.9. The van der Waals surface area contributed by atoms with Crippen molar-refractivity contribution in [3.63, 3.8) is 0 Å². The van der Waals surface area contributed by atoms with Crippen LogP contribution < -0.4 is 10.6 Å². The second kappa shape index (κ2) is 7.91. The molecule has 1 atom stereocenters. The van der Waals surface area contributed by atoms with E-state index >= 15 is 0 Å². The lowest BCUT2D eigenvalue weighted by Gasteiger charge is -2.33. The van der Waals surface area contributed by atoms with Crippen molar-refractivity contribution in [1.29, 1.82) is 0 Å². The predicted octanol–water partition coefficient (Wildman–Crippen LogP) is 3.44. The molecule has 0 fully saturated rings. The molecule has 2 aromatic carbocycles. The van der Waals surface area contributed by atoms with Gasteiger partial charge in [-0.2, -0.15) is 0 Å². The number of benzene rings is 2. The Balaban J connectivity index is 1.63. The third kappa shape index (κ3) is 3.91. The molecule has 2 aliphatic rings. The summed E-state index contributed by atoms with van der Waals surface area (Å²) in [7, 11) is 0. The van der Waals surface area contributed by atoms with Crippen LogP contribution in [0.5, 0.6) is 0 Å². The SMILES string of the molecule is Cc1ccc(C)c(NC(=O)CN2C(=O)N[C@H](c3cc(C)ccc3C)C3=C2COC3=O)c1. The Morgan fingerprint density at radius 1 is 1.06 bits per heavy atom. The molecule has 0 saturated carbocycles. The Bertz CT molecular complexity index is 1140. The van der Waals surface area contributed by atoms with E-state index in [4.69, 9.17) is 4.74 Å². The third-order valence-corrected chi connectivity index (χ3v) is 5.71. The highest BCUT2D eigenvalue weighted by Crippen LogP contribution is 2.36. The van der Waals surface area contributed by atoms with E-state index in [0.717, 1.165) is 27.8 Å². The maximum atomic E-state index is 13.0.